The molecule has 1 aromatic carbocycles. The van der Waals surface area contributed by atoms with Crippen molar-refractivity contribution in [3.63, 3.8) is 0 Å². The van der Waals surface area contributed by atoms with Gasteiger partial charge in [-0.15, -0.1) is 0 Å². The monoisotopic (exact) mass is 476 g/mol. The molecule has 0 aliphatic rings. The van der Waals surface area contributed by atoms with Crippen molar-refractivity contribution in [2.45, 2.75) is 32.2 Å². The molecule has 0 saturated heterocycles. The number of nitrogens with one attached hydrogen (secondary N) is 1. The smallest absolute Gasteiger partial charge is 0.405 e. The number of oxazole rings is 1. The number of aryl methyl sites for hydroxylation is 1. The molecule has 1 amide bonds. The lowest BCUT2D eigenvalue weighted by molar-refractivity contribution is 0.0975. The van der Waals surface area contributed by atoms with E-state index < -0.39 is 12.1 Å². The summed E-state index contributed by atoms with van der Waals surface area (Å²) in [5, 5.41) is 16.2. The molecular weight excluding hydrogens is 452 g/mol. The van der Waals surface area contributed by atoms with Gasteiger partial charge in [0.25, 0.3) is 0 Å². The van der Waals surface area contributed by atoms with E-state index in [4.69, 9.17) is 9.15 Å². The number of fused-ring (bicyclic) bond motifs is 1. The molecule has 3 heterocycles. The number of Topliss-reactive ketones (excluding diaryl/α,β-unsaturated/α-hetero) is 1. The number of carbonyl (C=O) groups excluding carboxylic acids is 1. The van der Waals surface area contributed by atoms with Gasteiger partial charge in [0, 0.05) is 29.6 Å². The molecule has 1 atom stereocenters. The SMILES string of the molecule is COc1cc2nc(C)ccc2cc1-c1cnc(C(C/C=C/CCC(=O)c2ccon2)NC(=O)O)o1. The molecule has 1 unspecified atom stereocenters. The van der Waals surface area contributed by atoms with E-state index >= 15 is 0 Å². The van der Waals surface area contributed by atoms with E-state index in [0.29, 0.717) is 29.9 Å². The number of allylic oxidation sites excluding steroid dienone is 1. The minimum atomic E-state index is -1.20. The Morgan fingerprint density at radius 3 is 2.83 bits per heavy atom. The van der Waals surface area contributed by atoms with Crippen LogP contribution in [-0.2, 0) is 0 Å². The topological polar surface area (TPSA) is 141 Å². The number of ketones is 1. The number of benzene rings is 1. The van der Waals surface area contributed by atoms with Gasteiger partial charge in [-0.2, -0.15) is 0 Å². The van der Waals surface area contributed by atoms with Crippen molar-refractivity contribution in [3.05, 3.63) is 72.2 Å². The van der Waals surface area contributed by atoms with Gasteiger partial charge in [0.1, 0.15) is 23.7 Å². The third kappa shape index (κ3) is 5.72. The van der Waals surface area contributed by atoms with Crippen LogP contribution in [0.4, 0.5) is 4.79 Å². The van der Waals surface area contributed by atoms with E-state index in [0.717, 1.165) is 16.6 Å². The van der Waals surface area contributed by atoms with Crippen LogP contribution in [0.2, 0.25) is 0 Å². The summed E-state index contributed by atoms with van der Waals surface area (Å²) in [6.07, 6.45) is 6.31. The molecular formula is C25H24N4O6. The predicted molar refractivity (Wildman–Crippen MR) is 126 cm³/mol. The number of rotatable bonds is 10. The summed E-state index contributed by atoms with van der Waals surface area (Å²) in [6, 6.07) is 8.42. The van der Waals surface area contributed by atoms with Crippen LogP contribution < -0.4 is 10.1 Å². The van der Waals surface area contributed by atoms with Crippen molar-refractivity contribution in [2.75, 3.05) is 7.11 Å². The van der Waals surface area contributed by atoms with Gasteiger partial charge in [-0.1, -0.05) is 23.4 Å². The molecule has 4 rings (SSSR count). The number of hydrogen-bond acceptors (Lipinski definition) is 8. The number of ether oxygens (including phenoxy) is 1. The first kappa shape index (κ1) is 23.7. The van der Waals surface area contributed by atoms with E-state index in [1.165, 1.54) is 18.5 Å². The Balaban J connectivity index is 1.49. The number of pyridine rings is 1. The van der Waals surface area contributed by atoms with E-state index in [2.05, 4.69) is 25.0 Å². The molecule has 10 nitrogen and oxygen atoms in total. The Hall–Kier alpha value is -4.47. The quantitative estimate of drug-likeness (QED) is 0.236. The molecule has 0 saturated carbocycles. The highest BCUT2D eigenvalue weighted by Crippen LogP contribution is 2.35. The Labute approximate surface area is 200 Å². The van der Waals surface area contributed by atoms with Gasteiger partial charge < -0.3 is 24.1 Å². The standard InChI is InChI=1S/C25H24N4O6/c1-15-8-9-16-12-17(22(33-2)13-20(16)27-15)23-14-26-24(35-23)19(28-25(31)32)6-4-3-5-7-21(30)18-10-11-34-29-18/h3-4,8-14,19,28H,5-7H2,1-2H3,(H,31,32)/b4-3+. The summed E-state index contributed by atoms with van der Waals surface area (Å²) in [5.41, 5.74) is 2.65. The van der Waals surface area contributed by atoms with E-state index in [9.17, 15) is 14.7 Å². The Morgan fingerprint density at radius 1 is 1.23 bits per heavy atom. The molecule has 4 aromatic rings. The minimum Gasteiger partial charge on any atom is -0.496 e. The first-order chi connectivity index (χ1) is 16.9. The lowest BCUT2D eigenvalue weighted by Crippen LogP contribution is -2.26. The predicted octanol–water partition coefficient (Wildman–Crippen LogP) is 5.11. The zero-order valence-electron chi connectivity index (χ0n) is 19.2. The molecule has 0 radical (unpaired) electrons. The van der Waals surface area contributed by atoms with Crippen molar-refractivity contribution < 1.29 is 28.4 Å². The molecule has 0 bridgehead atoms. The molecule has 10 heteroatoms. The fourth-order valence-electron chi connectivity index (χ4n) is 3.61. The van der Waals surface area contributed by atoms with Crippen LogP contribution in [0.15, 0.2) is 63.9 Å². The van der Waals surface area contributed by atoms with Gasteiger partial charge >= 0.3 is 6.09 Å². The maximum Gasteiger partial charge on any atom is 0.405 e. The van der Waals surface area contributed by atoms with Crippen molar-refractivity contribution in [1.82, 2.24) is 20.4 Å². The number of carbonyl (C=O) groups is 2. The van der Waals surface area contributed by atoms with Crippen LogP contribution >= 0.6 is 0 Å². The summed E-state index contributed by atoms with van der Waals surface area (Å²) in [7, 11) is 1.56. The fraction of sp³-hybridized carbons (Fsp3) is 0.240. The number of nitrogens with zero attached hydrogens (tertiary/aromatic N) is 3. The normalized spacial score (nSPS) is 12.2. The van der Waals surface area contributed by atoms with E-state index in [1.807, 2.05) is 31.2 Å². The third-order valence-corrected chi connectivity index (χ3v) is 5.33. The van der Waals surface area contributed by atoms with Crippen molar-refractivity contribution in [1.29, 1.82) is 0 Å². The summed E-state index contributed by atoms with van der Waals surface area (Å²) in [4.78, 5) is 32.2. The van der Waals surface area contributed by atoms with Gasteiger partial charge in [-0.05, 0) is 31.9 Å². The van der Waals surface area contributed by atoms with E-state index in [1.54, 1.807) is 19.3 Å². The second-order valence-electron chi connectivity index (χ2n) is 7.82. The molecule has 180 valence electrons. The lowest BCUT2D eigenvalue weighted by atomic mass is 10.1. The number of hydrogen-bond donors (Lipinski definition) is 2. The molecule has 3 aromatic heterocycles. The highest BCUT2D eigenvalue weighted by atomic mass is 16.5. The van der Waals surface area contributed by atoms with E-state index in [-0.39, 0.29) is 23.8 Å². The molecule has 0 aliphatic carbocycles. The van der Waals surface area contributed by atoms with Crippen molar-refractivity contribution in [2.24, 2.45) is 0 Å². The van der Waals surface area contributed by atoms with Gasteiger partial charge in [-0.3, -0.25) is 9.78 Å². The van der Waals surface area contributed by atoms with Crippen molar-refractivity contribution >= 4 is 22.8 Å². The first-order valence-corrected chi connectivity index (χ1v) is 10.9. The first-order valence-electron chi connectivity index (χ1n) is 10.9. The van der Waals surface area contributed by atoms with Gasteiger partial charge in [0.15, 0.2) is 11.5 Å². The summed E-state index contributed by atoms with van der Waals surface area (Å²) in [5.74, 6) is 1.10. The molecule has 0 fully saturated rings. The third-order valence-electron chi connectivity index (χ3n) is 5.33. The largest absolute Gasteiger partial charge is 0.496 e. The van der Waals surface area contributed by atoms with Gasteiger partial charge in [0.05, 0.1) is 24.4 Å². The van der Waals surface area contributed by atoms with Crippen LogP contribution in [0.25, 0.3) is 22.2 Å². The minimum absolute atomic E-state index is 0.129. The second kappa shape index (κ2) is 10.6. The Bertz CT molecular complexity index is 1360. The zero-order valence-corrected chi connectivity index (χ0v) is 19.2. The van der Waals surface area contributed by atoms with Crippen molar-refractivity contribution in [3.8, 4) is 17.1 Å². The summed E-state index contributed by atoms with van der Waals surface area (Å²) >= 11 is 0. The van der Waals surface area contributed by atoms with Crippen LogP contribution in [0.3, 0.4) is 0 Å². The summed E-state index contributed by atoms with van der Waals surface area (Å²) < 4.78 is 16.2. The highest BCUT2D eigenvalue weighted by Gasteiger charge is 2.21. The fourth-order valence-corrected chi connectivity index (χ4v) is 3.61. The average Bonchev–Trinajstić information content (AvgIpc) is 3.54. The summed E-state index contributed by atoms with van der Waals surface area (Å²) in [6.45, 7) is 1.92. The molecule has 2 N–H and O–H groups in total. The van der Waals surface area contributed by atoms with Crippen LogP contribution in [0.5, 0.6) is 5.75 Å². The number of aromatic nitrogens is 3. The zero-order chi connectivity index (χ0) is 24.8. The second-order valence-corrected chi connectivity index (χ2v) is 7.82. The molecule has 35 heavy (non-hydrogen) atoms. The maximum atomic E-state index is 12.0. The number of carboxylic acid groups (broad SMARTS) is 1. The lowest BCUT2D eigenvalue weighted by Gasteiger charge is -2.11. The van der Waals surface area contributed by atoms with Crippen LogP contribution in [0.1, 0.15) is 47.4 Å². The molecule has 0 spiro atoms. The number of methoxy groups -OCH3 is 1. The molecule has 0 aliphatic heterocycles. The van der Waals surface area contributed by atoms with Crippen LogP contribution in [-0.4, -0.2) is 39.2 Å². The Morgan fingerprint density at radius 2 is 2.09 bits per heavy atom. The maximum absolute atomic E-state index is 12.0. The van der Waals surface area contributed by atoms with Crippen LogP contribution in [0, 0.1) is 6.92 Å². The Kier molecular flexibility index (Phi) is 7.20. The highest BCUT2D eigenvalue weighted by molar-refractivity contribution is 5.94. The van der Waals surface area contributed by atoms with Gasteiger partial charge in [0.2, 0.25) is 5.89 Å². The van der Waals surface area contributed by atoms with Gasteiger partial charge in [-0.25, -0.2) is 9.78 Å². The number of amides is 1. The average molecular weight is 476 g/mol.